The summed E-state index contributed by atoms with van der Waals surface area (Å²) in [6.45, 7) is 0. The van der Waals surface area contributed by atoms with E-state index >= 15 is 0 Å². The maximum Gasteiger partial charge on any atom is 0.137 e. The van der Waals surface area contributed by atoms with Gasteiger partial charge in [0.25, 0.3) is 0 Å². The zero-order chi connectivity index (χ0) is 23.9. The summed E-state index contributed by atoms with van der Waals surface area (Å²) in [5.74, 6) is 0.917. The van der Waals surface area contributed by atoms with Crippen molar-refractivity contribution in [2.75, 3.05) is 0 Å². The van der Waals surface area contributed by atoms with Gasteiger partial charge in [-0.2, -0.15) is 0 Å². The molecular weight excluding hydrogens is 440 g/mol. The van der Waals surface area contributed by atoms with E-state index < -0.39 is 0 Å². The van der Waals surface area contributed by atoms with Crippen molar-refractivity contribution in [3.8, 4) is 16.9 Å². The van der Waals surface area contributed by atoms with Gasteiger partial charge in [0.15, 0.2) is 0 Å². The first kappa shape index (κ1) is 20.5. The maximum atomic E-state index is 5.83. The normalized spacial score (nSPS) is 11.3. The molecule has 0 N–H and O–H groups in total. The van der Waals surface area contributed by atoms with Crippen LogP contribution in [0.3, 0.4) is 0 Å². The first-order valence-corrected chi connectivity index (χ1v) is 12.1. The van der Waals surface area contributed by atoms with Gasteiger partial charge in [0, 0.05) is 27.7 Å². The Hall–Kier alpha value is -4.89. The van der Waals surface area contributed by atoms with Crippen molar-refractivity contribution >= 4 is 43.5 Å². The molecule has 170 valence electrons. The standard InChI is InChI=1S/C33H22N2O/c1-3-11-27-24(8-1)16-18-28-29-22-26(17-19-30(29)35(33(27)28)32-13-5-6-20-34-32)23-10-7-21-36-31-12-4-2-9-25(31)15-14-23/h1-22H. The van der Waals surface area contributed by atoms with E-state index in [4.69, 9.17) is 9.40 Å². The molecule has 4 aromatic carbocycles. The first-order valence-electron chi connectivity index (χ1n) is 12.1. The third-order valence-corrected chi connectivity index (χ3v) is 6.77. The number of nitrogens with zero attached hydrogens (tertiary/aromatic N) is 2. The van der Waals surface area contributed by atoms with Gasteiger partial charge in [-0.15, -0.1) is 0 Å². The molecule has 0 aliphatic rings. The number of benzene rings is 4. The van der Waals surface area contributed by atoms with Crippen molar-refractivity contribution in [3.05, 3.63) is 134 Å². The van der Waals surface area contributed by atoms with Gasteiger partial charge in [-0.1, -0.05) is 84.9 Å². The summed E-state index contributed by atoms with van der Waals surface area (Å²) >= 11 is 0. The van der Waals surface area contributed by atoms with Gasteiger partial charge in [0.2, 0.25) is 0 Å². The molecule has 7 aromatic rings. The molecule has 0 bridgehead atoms. The van der Waals surface area contributed by atoms with Gasteiger partial charge in [-0.3, -0.25) is 4.57 Å². The van der Waals surface area contributed by atoms with Crippen molar-refractivity contribution in [2.45, 2.75) is 0 Å². The summed E-state index contributed by atoms with van der Waals surface area (Å²) < 4.78 is 8.11. The zero-order valence-corrected chi connectivity index (χ0v) is 19.5. The fourth-order valence-corrected chi connectivity index (χ4v) is 5.09. The van der Waals surface area contributed by atoms with Crippen molar-refractivity contribution < 1.29 is 4.42 Å². The van der Waals surface area contributed by atoms with Crippen LogP contribution >= 0.6 is 0 Å². The first-order chi connectivity index (χ1) is 17.9. The van der Waals surface area contributed by atoms with Crippen LogP contribution in [0, 0.1) is 0 Å². The van der Waals surface area contributed by atoms with E-state index in [1.165, 1.54) is 27.1 Å². The van der Waals surface area contributed by atoms with E-state index in [1.54, 1.807) is 6.26 Å². The summed E-state index contributed by atoms with van der Waals surface area (Å²) in [5.41, 5.74) is 5.44. The SMILES string of the molecule is c1ccc(-n2c3ccc(-c4cccoc5ccccc5cc4)cc3c3ccc4ccccc4c32)nc1. The van der Waals surface area contributed by atoms with E-state index in [-0.39, 0.29) is 0 Å². The molecule has 0 aliphatic carbocycles. The van der Waals surface area contributed by atoms with Crippen LogP contribution in [0.2, 0.25) is 0 Å². The van der Waals surface area contributed by atoms with Crippen molar-refractivity contribution in [2.24, 2.45) is 0 Å². The lowest BCUT2D eigenvalue weighted by Crippen LogP contribution is -1.96. The Morgan fingerprint density at radius 1 is 0.556 bits per heavy atom. The average molecular weight is 463 g/mol. The van der Waals surface area contributed by atoms with Gasteiger partial charge < -0.3 is 4.42 Å². The minimum atomic E-state index is 0.848. The predicted molar refractivity (Wildman–Crippen MR) is 149 cm³/mol. The highest BCUT2D eigenvalue weighted by Crippen LogP contribution is 2.37. The Morgan fingerprint density at radius 3 is 2.28 bits per heavy atom. The molecule has 0 aliphatic heterocycles. The Labute approximate surface area is 208 Å². The predicted octanol–water partition coefficient (Wildman–Crippen LogP) is 8.87. The number of rotatable bonds is 2. The highest BCUT2D eigenvalue weighted by Gasteiger charge is 2.16. The fraction of sp³-hybridized carbons (Fsp3) is 0. The summed E-state index contributed by atoms with van der Waals surface area (Å²) in [7, 11) is 0. The van der Waals surface area contributed by atoms with Crippen molar-refractivity contribution in [3.63, 3.8) is 0 Å². The lowest BCUT2D eigenvalue weighted by atomic mass is 10.0. The monoisotopic (exact) mass is 462 g/mol. The van der Waals surface area contributed by atoms with Gasteiger partial charge in [0.1, 0.15) is 11.4 Å². The number of hydrogen-bond acceptors (Lipinski definition) is 2. The van der Waals surface area contributed by atoms with Gasteiger partial charge in [-0.05, 0) is 52.9 Å². The van der Waals surface area contributed by atoms with Crippen LogP contribution in [-0.4, -0.2) is 9.55 Å². The Morgan fingerprint density at radius 2 is 1.36 bits per heavy atom. The number of fused-ring (bicyclic) bond motifs is 6. The highest BCUT2D eigenvalue weighted by atomic mass is 16.3. The molecule has 3 heterocycles. The molecule has 0 atom stereocenters. The Kier molecular flexibility index (Phi) is 4.78. The average Bonchev–Trinajstić information content (AvgIpc) is 3.32. The third kappa shape index (κ3) is 3.33. The number of hydrogen-bond donors (Lipinski definition) is 0. The van der Waals surface area contributed by atoms with E-state index in [9.17, 15) is 0 Å². The number of para-hydroxylation sites is 1. The maximum absolute atomic E-state index is 5.83. The molecule has 0 saturated carbocycles. The molecule has 0 spiro atoms. The summed E-state index contributed by atoms with van der Waals surface area (Å²) in [5, 5.41) is 5.91. The molecule has 7 rings (SSSR count). The van der Waals surface area contributed by atoms with Crippen LogP contribution in [-0.2, 0) is 0 Å². The second-order valence-electron chi connectivity index (χ2n) is 8.88. The Balaban J connectivity index is 1.54. The highest BCUT2D eigenvalue weighted by molar-refractivity contribution is 6.19. The zero-order valence-electron chi connectivity index (χ0n) is 19.5. The van der Waals surface area contributed by atoms with Crippen LogP contribution < -0.4 is 0 Å². The molecule has 0 fully saturated rings. The minimum absolute atomic E-state index is 0.848. The Bertz CT molecular complexity index is 1950. The number of aromatic nitrogens is 2. The molecular formula is C33H22N2O. The number of pyridine rings is 1. The quantitative estimate of drug-likeness (QED) is 0.257. The lowest BCUT2D eigenvalue weighted by molar-refractivity contribution is 0.606. The summed E-state index contributed by atoms with van der Waals surface area (Å²) in [4.78, 5) is 4.71. The largest absolute Gasteiger partial charge is 0.464 e. The second kappa shape index (κ2) is 8.40. The van der Waals surface area contributed by atoms with E-state index in [0.717, 1.165) is 33.4 Å². The summed E-state index contributed by atoms with van der Waals surface area (Å²) in [6, 6.07) is 42.2. The lowest BCUT2D eigenvalue weighted by Gasteiger charge is -2.08. The van der Waals surface area contributed by atoms with Crippen LogP contribution in [0.1, 0.15) is 0 Å². The van der Waals surface area contributed by atoms with Crippen molar-refractivity contribution in [1.82, 2.24) is 9.55 Å². The summed E-state index contributed by atoms with van der Waals surface area (Å²) in [6.07, 6.45) is 3.59. The molecule has 0 saturated heterocycles. The molecule has 0 unspecified atom stereocenters. The van der Waals surface area contributed by atoms with Crippen LogP contribution in [0.15, 0.2) is 138 Å². The molecule has 3 nitrogen and oxygen atoms in total. The van der Waals surface area contributed by atoms with Crippen LogP contribution in [0.25, 0.3) is 60.5 Å². The van der Waals surface area contributed by atoms with Crippen LogP contribution in [0.4, 0.5) is 0 Å². The van der Waals surface area contributed by atoms with Crippen molar-refractivity contribution in [1.29, 1.82) is 0 Å². The second-order valence-corrected chi connectivity index (χ2v) is 8.88. The molecule has 0 radical (unpaired) electrons. The fourth-order valence-electron chi connectivity index (χ4n) is 5.09. The minimum Gasteiger partial charge on any atom is -0.464 e. The topological polar surface area (TPSA) is 31.0 Å². The molecule has 3 heteroatoms. The van der Waals surface area contributed by atoms with E-state index in [0.29, 0.717) is 0 Å². The van der Waals surface area contributed by atoms with E-state index in [1.807, 2.05) is 42.6 Å². The van der Waals surface area contributed by atoms with Gasteiger partial charge >= 0.3 is 0 Å². The van der Waals surface area contributed by atoms with E-state index in [2.05, 4.69) is 89.5 Å². The van der Waals surface area contributed by atoms with Gasteiger partial charge in [-0.25, -0.2) is 4.98 Å². The third-order valence-electron chi connectivity index (χ3n) is 6.77. The van der Waals surface area contributed by atoms with Crippen LogP contribution in [0.5, 0.6) is 0 Å². The molecule has 36 heavy (non-hydrogen) atoms. The smallest absolute Gasteiger partial charge is 0.137 e. The van der Waals surface area contributed by atoms with Gasteiger partial charge in [0.05, 0.1) is 17.3 Å². The molecule has 0 amide bonds. The molecule has 3 aromatic heterocycles.